The van der Waals surface area contributed by atoms with Crippen LogP contribution in [0.3, 0.4) is 0 Å². The van der Waals surface area contributed by atoms with Gasteiger partial charge in [-0.1, -0.05) is 18.2 Å². The predicted molar refractivity (Wildman–Crippen MR) is 151 cm³/mol. The number of nitrogens with one attached hydrogen (secondary N) is 2. The van der Waals surface area contributed by atoms with Crippen LogP contribution in [-0.4, -0.2) is 52.5 Å². The molecule has 0 unspecified atom stereocenters. The van der Waals surface area contributed by atoms with Gasteiger partial charge in [0, 0.05) is 27.9 Å². The summed E-state index contributed by atoms with van der Waals surface area (Å²) in [4.78, 5) is 20.9. The number of carbonyl (C=O) groups is 1. The summed E-state index contributed by atoms with van der Waals surface area (Å²) in [5.74, 6) is -0.583. The molecular weight excluding hydrogens is 514 g/mol. The molecular formula is C30H27N3O7. The second-order valence-electron chi connectivity index (χ2n) is 8.93. The van der Waals surface area contributed by atoms with Crippen molar-refractivity contribution in [3.05, 3.63) is 71.9 Å². The lowest BCUT2D eigenvalue weighted by atomic mass is 10.1. The van der Waals surface area contributed by atoms with Gasteiger partial charge in [-0.25, -0.2) is 4.98 Å². The van der Waals surface area contributed by atoms with Crippen LogP contribution in [0.1, 0.15) is 11.3 Å². The highest BCUT2D eigenvalue weighted by Crippen LogP contribution is 2.43. The predicted octanol–water partition coefficient (Wildman–Crippen LogP) is 4.86. The van der Waals surface area contributed by atoms with Gasteiger partial charge in [0.05, 0.1) is 44.8 Å². The number of phenolic OH excluding ortho intramolecular Hbond substituents is 3. The van der Waals surface area contributed by atoms with Gasteiger partial charge in [-0.3, -0.25) is 4.79 Å². The van der Waals surface area contributed by atoms with Gasteiger partial charge in [0.2, 0.25) is 11.7 Å². The number of fused-ring (bicyclic) bond motifs is 3. The van der Waals surface area contributed by atoms with E-state index >= 15 is 0 Å². The van der Waals surface area contributed by atoms with Crippen molar-refractivity contribution in [3.63, 3.8) is 0 Å². The molecule has 5 N–H and O–H groups in total. The molecule has 2 heterocycles. The Hall–Kier alpha value is -5.38. The van der Waals surface area contributed by atoms with E-state index in [4.69, 9.17) is 19.2 Å². The minimum absolute atomic E-state index is 0.127. The van der Waals surface area contributed by atoms with E-state index in [1.54, 1.807) is 21.3 Å². The van der Waals surface area contributed by atoms with Crippen LogP contribution in [0, 0.1) is 0 Å². The molecule has 2 aromatic heterocycles. The molecule has 5 rings (SSSR count). The summed E-state index contributed by atoms with van der Waals surface area (Å²) >= 11 is 0. The Bertz CT molecular complexity index is 1730. The van der Waals surface area contributed by atoms with E-state index in [9.17, 15) is 20.1 Å². The number of rotatable bonds is 8. The smallest absolute Gasteiger partial charge is 0.244 e. The molecule has 0 aliphatic carbocycles. The number of H-pyrrole nitrogens is 1. The Balaban J connectivity index is 1.52. The molecule has 0 saturated heterocycles. The largest absolute Gasteiger partial charge is 0.504 e. The summed E-state index contributed by atoms with van der Waals surface area (Å²) < 4.78 is 16.6. The molecule has 3 aromatic carbocycles. The average molecular weight is 542 g/mol. The van der Waals surface area contributed by atoms with Crippen molar-refractivity contribution in [3.8, 4) is 45.8 Å². The Kier molecular flexibility index (Phi) is 7.07. The Labute approximate surface area is 229 Å². The molecule has 0 atom stereocenters. The minimum atomic E-state index is -0.622. The van der Waals surface area contributed by atoms with Gasteiger partial charge >= 0.3 is 0 Å². The van der Waals surface area contributed by atoms with Gasteiger partial charge in [0.25, 0.3) is 0 Å². The van der Waals surface area contributed by atoms with E-state index in [0.29, 0.717) is 34.2 Å². The van der Waals surface area contributed by atoms with Crippen molar-refractivity contribution in [2.24, 2.45) is 0 Å². The van der Waals surface area contributed by atoms with Crippen molar-refractivity contribution >= 4 is 33.8 Å². The standard InChI is InChI=1S/C30H27N3O7/c1-38-24-12-17(13-25(39-2)30(24)40-3)27-28-20(19-6-4-5-7-21(19)33-28)14-18(32-27)15-31-26(36)9-8-16-10-22(34)29(37)23(35)11-16/h4-14,33-35,37H,15H2,1-3H3,(H,31,36)/b9-8+. The zero-order chi connectivity index (χ0) is 28.4. The number of amides is 1. The number of para-hydroxylation sites is 1. The third-order valence-electron chi connectivity index (χ3n) is 6.45. The van der Waals surface area contributed by atoms with Crippen molar-refractivity contribution in [2.45, 2.75) is 6.54 Å². The van der Waals surface area contributed by atoms with Gasteiger partial charge in [-0.2, -0.15) is 0 Å². The summed E-state index contributed by atoms with van der Waals surface area (Å²) in [5, 5.41) is 33.6. The molecule has 0 radical (unpaired) electrons. The molecule has 40 heavy (non-hydrogen) atoms. The van der Waals surface area contributed by atoms with Crippen LogP contribution < -0.4 is 19.5 Å². The number of phenols is 3. The summed E-state index contributed by atoms with van der Waals surface area (Å²) in [6.07, 6.45) is 2.67. The maximum atomic E-state index is 12.6. The maximum Gasteiger partial charge on any atom is 0.244 e. The van der Waals surface area contributed by atoms with Crippen LogP contribution in [0.4, 0.5) is 0 Å². The maximum absolute atomic E-state index is 12.6. The van der Waals surface area contributed by atoms with Crippen molar-refractivity contribution in [1.29, 1.82) is 0 Å². The highest BCUT2D eigenvalue weighted by molar-refractivity contribution is 6.11. The number of aromatic amines is 1. The Morgan fingerprint density at radius 2 is 1.60 bits per heavy atom. The number of hydrogen-bond donors (Lipinski definition) is 5. The Morgan fingerprint density at radius 1 is 0.925 bits per heavy atom. The van der Waals surface area contributed by atoms with Gasteiger partial charge in [0.1, 0.15) is 0 Å². The van der Waals surface area contributed by atoms with Gasteiger partial charge in [0.15, 0.2) is 28.7 Å². The highest BCUT2D eigenvalue weighted by atomic mass is 16.5. The molecule has 5 aromatic rings. The third kappa shape index (κ3) is 4.90. The first kappa shape index (κ1) is 26.2. The summed E-state index contributed by atoms with van der Waals surface area (Å²) in [5.41, 5.74) is 4.08. The van der Waals surface area contributed by atoms with E-state index in [1.165, 1.54) is 24.3 Å². The van der Waals surface area contributed by atoms with E-state index in [1.807, 2.05) is 42.5 Å². The molecule has 0 aliphatic rings. The lowest BCUT2D eigenvalue weighted by Crippen LogP contribution is -2.21. The molecule has 1 amide bonds. The number of aromatic hydroxyl groups is 3. The molecule has 0 fully saturated rings. The number of methoxy groups -OCH3 is 3. The number of nitrogens with zero attached hydrogens (tertiary/aromatic N) is 1. The number of hydrogen-bond acceptors (Lipinski definition) is 8. The number of carbonyl (C=O) groups excluding carboxylic acids is 1. The monoisotopic (exact) mass is 541 g/mol. The Morgan fingerprint density at radius 3 is 2.25 bits per heavy atom. The number of pyridine rings is 1. The molecule has 10 nitrogen and oxygen atoms in total. The fourth-order valence-electron chi connectivity index (χ4n) is 4.55. The average Bonchev–Trinajstić information content (AvgIpc) is 3.35. The summed E-state index contributed by atoms with van der Waals surface area (Å²) in [7, 11) is 4.64. The normalized spacial score (nSPS) is 11.3. The van der Waals surface area contributed by atoms with Crippen LogP contribution in [0.5, 0.6) is 34.5 Å². The van der Waals surface area contributed by atoms with Crippen LogP contribution in [0.15, 0.2) is 60.7 Å². The topological polar surface area (TPSA) is 146 Å². The number of aromatic nitrogens is 2. The quantitative estimate of drug-likeness (QED) is 0.138. The lowest BCUT2D eigenvalue weighted by Gasteiger charge is -2.15. The zero-order valence-corrected chi connectivity index (χ0v) is 22.0. The number of ether oxygens (including phenoxy) is 3. The summed E-state index contributed by atoms with van der Waals surface area (Å²) in [6.45, 7) is 0.127. The van der Waals surface area contributed by atoms with E-state index in [0.717, 1.165) is 27.4 Å². The minimum Gasteiger partial charge on any atom is -0.504 e. The highest BCUT2D eigenvalue weighted by Gasteiger charge is 2.19. The van der Waals surface area contributed by atoms with Gasteiger partial charge in [-0.15, -0.1) is 0 Å². The second-order valence-corrected chi connectivity index (χ2v) is 8.93. The first-order valence-corrected chi connectivity index (χ1v) is 12.2. The fraction of sp³-hybridized carbons (Fsp3) is 0.133. The first-order chi connectivity index (χ1) is 19.3. The lowest BCUT2D eigenvalue weighted by molar-refractivity contribution is -0.116. The van der Waals surface area contributed by atoms with Crippen molar-refractivity contribution in [1.82, 2.24) is 15.3 Å². The third-order valence-corrected chi connectivity index (χ3v) is 6.45. The molecule has 0 aliphatic heterocycles. The molecule has 0 saturated carbocycles. The molecule has 10 heteroatoms. The van der Waals surface area contributed by atoms with E-state index in [2.05, 4.69) is 10.3 Å². The zero-order valence-electron chi connectivity index (χ0n) is 22.0. The SMILES string of the molecule is COc1cc(-c2nc(CNC(=O)/C=C/c3cc(O)c(O)c(O)c3)cc3c2[nH]c2ccccc23)cc(OC)c1OC. The van der Waals surface area contributed by atoms with Crippen LogP contribution >= 0.6 is 0 Å². The van der Waals surface area contributed by atoms with E-state index < -0.39 is 23.2 Å². The number of benzene rings is 3. The van der Waals surface area contributed by atoms with Crippen LogP contribution in [-0.2, 0) is 11.3 Å². The summed E-state index contributed by atoms with van der Waals surface area (Å²) in [6, 6.07) is 15.9. The molecule has 0 spiro atoms. The molecule has 204 valence electrons. The van der Waals surface area contributed by atoms with Crippen molar-refractivity contribution < 1.29 is 34.3 Å². The van der Waals surface area contributed by atoms with Crippen molar-refractivity contribution in [2.75, 3.05) is 21.3 Å². The van der Waals surface area contributed by atoms with Gasteiger partial charge < -0.3 is 39.8 Å². The molecule has 0 bridgehead atoms. The van der Waals surface area contributed by atoms with Crippen LogP contribution in [0.2, 0.25) is 0 Å². The first-order valence-electron chi connectivity index (χ1n) is 12.2. The van der Waals surface area contributed by atoms with E-state index in [-0.39, 0.29) is 6.54 Å². The van der Waals surface area contributed by atoms with Gasteiger partial charge in [-0.05, 0) is 48.0 Å². The van der Waals surface area contributed by atoms with Crippen LogP contribution in [0.25, 0.3) is 39.1 Å². The second kappa shape index (κ2) is 10.8. The fourth-order valence-corrected chi connectivity index (χ4v) is 4.55.